The molecule has 120 valence electrons. The summed E-state index contributed by atoms with van der Waals surface area (Å²) in [5.74, 6) is -0.350. The van der Waals surface area contributed by atoms with Gasteiger partial charge in [0.05, 0.1) is 17.9 Å². The molecule has 0 saturated carbocycles. The Kier molecular flexibility index (Phi) is 4.46. The van der Waals surface area contributed by atoms with E-state index in [0.29, 0.717) is 11.3 Å². The minimum atomic E-state index is -0.503. The van der Waals surface area contributed by atoms with Crippen molar-refractivity contribution in [3.63, 3.8) is 0 Å². The van der Waals surface area contributed by atoms with Crippen molar-refractivity contribution in [3.8, 4) is 6.07 Å². The van der Waals surface area contributed by atoms with E-state index >= 15 is 0 Å². The average molecular weight is 335 g/mol. The number of benzene rings is 1. The monoisotopic (exact) mass is 334 g/mol. The third kappa shape index (κ3) is 2.93. The van der Waals surface area contributed by atoms with Crippen molar-refractivity contribution < 1.29 is 9.13 Å². The Bertz CT molecular complexity index is 777. The summed E-state index contributed by atoms with van der Waals surface area (Å²) in [5, 5.41) is 15.1. The number of ether oxygens (including phenoxy) is 1. The van der Waals surface area contributed by atoms with Crippen molar-refractivity contribution in [3.05, 3.63) is 53.1 Å². The standard InChI is InChI=1S/C16H15FN4O.ClH/c1-16(2)7-10-11(8-18)15(19)21(20-13(10)9-22-16)14-6-4-3-5-12(14)17;/h3-7H,9,19H2,1-2H3;1H. The zero-order valence-electron chi connectivity index (χ0n) is 12.7. The molecule has 1 aromatic carbocycles. The lowest BCUT2D eigenvalue weighted by molar-refractivity contribution is 0.0409. The van der Waals surface area contributed by atoms with E-state index in [1.54, 1.807) is 18.2 Å². The summed E-state index contributed by atoms with van der Waals surface area (Å²) in [6.45, 7) is 4.03. The van der Waals surface area contributed by atoms with Gasteiger partial charge in [-0.05, 0) is 32.1 Å². The molecule has 0 bridgehead atoms. The molecule has 3 rings (SSSR count). The number of halogens is 2. The van der Waals surface area contributed by atoms with Crippen LogP contribution in [0.3, 0.4) is 0 Å². The van der Waals surface area contributed by atoms with Crippen molar-refractivity contribution in [2.24, 2.45) is 10.8 Å². The molecule has 0 spiro atoms. The highest BCUT2D eigenvalue weighted by Gasteiger charge is 2.33. The molecular weight excluding hydrogens is 319 g/mol. The molecule has 2 heterocycles. The molecule has 0 radical (unpaired) electrons. The lowest BCUT2D eigenvalue weighted by Crippen LogP contribution is -2.39. The van der Waals surface area contributed by atoms with E-state index < -0.39 is 11.4 Å². The Balaban J connectivity index is 0.00000192. The summed E-state index contributed by atoms with van der Waals surface area (Å²) in [6.07, 6.45) is 1.82. The third-order valence-corrected chi connectivity index (χ3v) is 3.55. The predicted molar refractivity (Wildman–Crippen MR) is 88.5 cm³/mol. The van der Waals surface area contributed by atoms with Crippen molar-refractivity contribution >= 4 is 23.8 Å². The summed E-state index contributed by atoms with van der Waals surface area (Å²) in [7, 11) is 0. The summed E-state index contributed by atoms with van der Waals surface area (Å²) >= 11 is 0. The Morgan fingerprint density at radius 1 is 1.39 bits per heavy atom. The number of nitrogens with two attached hydrogens (primary N) is 1. The first kappa shape index (κ1) is 17.0. The van der Waals surface area contributed by atoms with Crippen LogP contribution in [0.25, 0.3) is 0 Å². The van der Waals surface area contributed by atoms with E-state index in [0.717, 1.165) is 0 Å². The summed E-state index contributed by atoms with van der Waals surface area (Å²) in [6, 6.07) is 8.24. The Morgan fingerprint density at radius 3 is 2.74 bits per heavy atom. The van der Waals surface area contributed by atoms with Crippen LogP contribution < -0.4 is 10.7 Å². The number of nitriles is 1. The molecule has 2 aliphatic heterocycles. The van der Waals surface area contributed by atoms with E-state index in [9.17, 15) is 9.65 Å². The number of anilines is 1. The van der Waals surface area contributed by atoms with Crippen molar-refractivity contribution in [2.75, 3.05) is 11.6 Å². The Hall–Kier alpha value is -2.36. The number of para-hydroxylation sites is 1. The molecular formula is C16H16ClFN4O. The van der Waals surface area contributed by atoms with Gasteiger partial charge in [-0.1, -0.05) is 12.1 Å². The van der Waals surface area contributed by atoms with Gasteiger partial charge in [-0.15, -0.1) is 12.4 Å². The van der Waals surface area contributed by atoms with Gasteiger partial charge in [0.2, 0.25) is 0 Å². The van der Waals surface area contributed by atoms with Crippen LogP contribution >= 0.6 is 12.4 Å². The number of hydrogen-bond donors (Lipinski definition) is 1. The normalized spacial score (nSPS) is 19.1. The number of hydrogen-bond acceptors (Lipinski definition) is 5. The first-order chi connectivity index (χ1) is 10.4. The molecule has 0 aromatic heterocycles. The van der Waals surface area contributed by atoms with Crippen LogP contribution in [0, 0.1) is 17.1 Å². The first-order valence-corrected chi connectivity index (χ1v) is 6.82. The maximum absolute atomic E-state index is 14.0. The zero-order chi connectivity index (χ0) is 15.9. The van der Waals surface area contributed by atoms with E-state index in [4.69, 9.17) is 10.5 Å². The molecule has 2 N–H and O–H groups in total. The Morgan fingerprint density at radius 2 is 2.09 bits per heavy atom. The van der Waals surface area contributed by atoms with Gasteiger partial charge < -0.3 is 10.5 Å². The zero-order valence-corrected chi connectivity index (χ0v) is 13.5. The quantitative estimate of drug-likeness (QED) is 0.857. The fraction of sp³-hybridized carbons (Fsp3) is 0.250. The summed E-state index contributed by atoms with van der Waals surface area (Å²) < 4.78 is 19.7. The van der Waals surface area contributed by atoms with Gasteiger partial charge in [-0.25, -0.2) is 9.40 Å². The second-order valence-electron chi connectivity index (χ2n) is 5.63. The smallest absolute Gasteiger partial charge is 0.148 e. The second kappa shape index (κ2) is 6.03. The highest BCUT2D eigenvalue weighted by atomic mass is 35.5. The molecule has 0 saturated heterocycles. The van der Waals surface area contributed by atoms with E-state index in [2.05, 4.69) is 11.2 Å². The molecule has 0 amide bonds. The van der Waals surface area contributed by atoms with Crippen LogP contribution in [0.15, 0.2) is 52.4 Å². The van der Waals surface area contributed by atoms with Gasteiger partial charge in [0, 0.05) is 5.57 Å². The number of nitrogens with zero attached hydrogens (tertiary/aromatic N) is 3. The maximum Gasteiger partial charge on any atom is 0.148 e. The molecule has 0 unspecified atom stereocenters. The van der Waals surface area contributed by atoms with Gasteiger partial charge in [0.1, 0.15) is 29.0 Å². The van der Waals surface area contributed by atoms with Gasteiger partial charge in [0.25, 0.3) is 0 Å². The minimum Gasteiger partial charge on any atom is -0.383 e. The highest BCUT2D eigenvalue weighted by molar-refractivity contribution is 6.08. The molecule has 0 aliphatic carbocycles. The lowest BCUT2D eigenvalue weighted by Gasteiger charge is -2.34. The molecule has 2 aliphatic rings. The average Bonchev–Trinajstić information content (AvgIpc) is 2.47. The van der Waals surface area contributed by atoms with Crippen LogP contribution in [0.1, 0.15) is 13.8 Å². The minimum absolute atomic E-state index is 0. The van der Waals surface area contributed by atoms with Gasteiger partial charge in [-0.2, -0.15) is 10.4 Å². The van der Waals surface area contributed by atoms with Crippen LogP contribution in [0.2, 0.25) is 0 Å². The number of hydrazone groups is 1. The van der Waals surface area contributed by atoms with E-state index in [1.165, 1.54) is 11.1 Å². The van der Waals surface area contributed by atoms with Crippen LogP contribution in [0.4, 0.5) is 10.1 Å². The van der Waals surface area contributed by atoms with Gasteiger partial charge in [0.15, 0.2) is 0 Å². The number of fused-ring (bicyclic) bond motifs is 1. The van der Waals surface area contributed by atoms with E-state index in [1.807, 2.05) is 19.9 Å². The van der Waals surface area contributed by atoms with Crippen LogP contribution in [-0.4, -0.2) is 17.9 Å². The topological polar surface area (TPSA) is 74.6 Å². The predicted octanol–water partition coefficient (Wildman–Crippen LogP) is 2.85. The molecule has 0 fully saturated rings. The maximum atomic E-state index is 14.0. The molecule has 23 heavy (non-hydrogen) atoms. The number of allylic oxidation sites excluding steroid dienone is 1. The first-order valence-electron chi connectivity index (χ1n) is 6.82. The Labute approximate surface area is 139 Å². The fourth-order valence-corrected chi connectivity index (χ4v) is 2.45. The third-order valence-electron chi connectivity index (χ3n) is 3.55. The largest absolute Gasteiger partial charge is 0.383 e. The summed E-state index contributed by atoms with van der Waals surface area (Å²) in [5.41, 5.74) is 7.25. The fourth-order valence-electron chi connectivity index (χ4n) is 2.45. The SMILES string of the molecule is CC1(C)C=C2C(=NN(c3ccccc3F)C(N)=C2C#N)CO1.Cl. The van der Waals surface area contributed by atoms with Gasteiger partial charge in [-0.3, -0.25) is 0 Å². The van der Waals surface area contributed by atoms with Gasteiger partial charge >= 0.3 is 0 Å². The van der Waals surface area contributed by atoms with Crippen molar-refractivity contribution in [2.45, 2.75) is 19.4 Å². The molecule has 1 aromatic rings. The highest BCUT2D eigenvalue weighted by Crippen LogP contribution is 2.33. The second-order valence-corrected chi connectivity index (χ2v) is 5.63. The lowest BCUT2D eigenvalue weighted by atomic mass is 9.92. The molecule has 7 heteroatoms. The van der Waals surface area contributed by atoms with Crippen LogP contribution in [0.5, 0.6) is 0 Å². The molecule has 0 atom stereocenters. The molecule has 5 nitrogen and oxygen atoms in total. The van der Waals surface area contributed by atoms with Crippen LogP contribution in [-0.2, 0) is 4.74 Å². The number of rotatable bonds is 1. The summed E-state index contributed by atoms with van der Waals surface area (Å²) in [4.78, 5) is 0. The van der Waals surface area contributed by atoms with Crippen molar-refractivity contribution in [1.82, 2.24) is 0 Å². The van der Waals surface area contributed by atoms with E-state index in [-0.39, 0.29) is 36.1 Å². The van der Waals surface area contributed by atoms with Crippen molar-refractivity contribution in [1.29, 1.82) is 5.26 Å².